The minimum atomic E-state index is 0.103. The van der Waals surface area contributed by atoms with E-state index in [1.54, 1.807) is 6.92 Å². The van der Waals surface area contributed by atoms with Gasteiger partial charge in [0.1, 0.15) is 0 Å². The summed E-state index contributed by atoms with van der Waals surface area (Å²) < 4.78 is 0. The number of likely N-dealkylation sites (tertiary alicyclic amines) is 1. The number of carbonyl (C=O) groups is 1. The summed E-state index contributed by atoms with van der Waals surface area (Å²) in [5.41, 5.74) is 3.61. The molecule has 1 fully saturated rings. The van der Waals surface area contributed by atoms with Crippen LogP contribution in [-0.2, 0) is 4.79 Å². The summed E-state index contributed by atoms with van der Waals surface area (Å²) in [5, 5.41) is 9.19. The lowest BCUT2D eigenvalue weighted by Crippen LogP contribution is -2.35. The van der Waals surface area contributed by atoms with Crippen LogP contribution in [0.3, 0.4) is 0 Å². The molecule has 0 spiro atoms. The molecule has 1 aliphatic rings. The van der Waals surface area contributed by atoms with Crippen molar-refractivity contribution in [3.05, 3.63) is 47.6 Å². The first kappa shape index (κ1) is 20.4. The maximum atomic E-state index is 11.5. The van der Waals surface area contributed by atoms with Gasteiger partial charge in [0.2, 0.25) is 5.91 Å². The van der Waals surface area contributed by atoms with Gasteiger partial charge < -0.3 is 10.0 Å². The van der Waals surface area contributed by atoms with Crippen LogP contribution < -0.4 is 0 Å². The van der Waals surface area contributed by atoms with E-state index in [2.05, 4.69) is 51.7 Å². The normalized spacial score (nSPS) is 18.5. The molecule has 1 amide bonds. The molecule has 0 aliphatic carbocycles. The molecule has 0 unspecified atom stereocenters. The van der Waals surface area contributed by atoms with Crippen LogP contribution >= 0.6 is 0 Å². The fourth-order valence-corrected chi connectivity index (χ4v) is 2.89. The number of allylic oxidation sites excluding steroid dienone is 5. The van der Waals surface area contributed by atoms with E-state index in [0.717, 1.165) is 43.5 Å². The Morgan fingerprint density at radius 1 is 1.38 bits per heavy atom. The predicted octanol–water partition coefficient (Wildman–Crippen LogP) is 4.41. The van der Waals surface area contributed by atoms with Crippen molar-refractivity contribution >= 4 is 5.91 Å². The number of aliphatic hydroxyl groups is 1. The molecule has 0 aromatic rings. The molecule has 0 atom stereocenters. The first-order valence-electron chi connectivity index (χ1n) is 8.83. The van der Waals surface area contributed by atoms with Crippen molar-refractivity contribution in [1.82, 2.24) is 4.90 Å². The molecule has 0 radical (unpaired) electrons. The molecule has 0 bridgehead atoms. The Morgan fingerprint density at radius 2 is 2.08 bits per heavy atom. The van der Waals surface area contributed by atoms with Crippen molar-refractivity contribution in [1.29, 1.82) is 0 Å². The van der Waals surface area contributed by atoms with Gasteiger partial charge in [-0.15, -0.1) is 0 Å². The van der Waals surface area contributed by atoms with E-state index in [1.165, 1.54) is 5.57 Å². The van der Waals surface area contributed by atoms with Gasteiger partial charge in [-0.2, -0.15) is 0 Å². The Labute approximate surface area is 147 Å². The molecule has 1 aliphatic heterocycles. The van der Waals surface area contributed by atoms with E-state index in [1.807, 2.05) is 4.90 Å². The molecule has 0 aromatic carbocycles. The second-order valence-electron chi connectivity index (χ2n) is 7.67. The zero-order valence-electron chi connectivity index (χ0n) is 15.8. The lowest BCUT2D eigenvalue weighted by atomic mass is 9.92. The van der Waals surface area contributed by atoms with Crippen LogP contribution in [0.5, 0.6) is 0 Å². The van der Waals surface area contributed by atoms with Gasteiger partial charge in [-0.05, 0) is 36.7 Å². The standard InChI is InChI=1S/C21H33NO2/c1-17(14-20-10-7-12-22(16-20)18(2)24)8-6-9-19(11-13-23)15-21(3,4)5/h6,9,14-15,23H,1,7-8,10-13,16H2,2-5H3. The van der Waals surface area contributed by atoms with Gasteiger partial charge in [0.15, 0.2) is 0 Å². The third-order valence-electron chi connectivity index (χ3n) is 3.90. The number of carbonyl (C=O) groups excluding carboxylic acids is 1. The Morgan fingerprint density at radius 3 is 2.67 bits per heavy atom. The summed E-state index contributed by atoms with van der Waals surface area (Å²) in [6.07, 6.45) is 12.1. The maximum absolute atomic E-state index is 11.5. The van der Waals surface area contributed by atoms with Gasteiger partial charge in [-0.25, -0.2) is 0 Å². The Kier molecular flexibility index (Phi) is 8.20. The smallest absolute Gasteiger partial charge is 0.219 e. The molecular formula is C21H33NO2. The summed E-state index contributed by atoms with van der Waals surface area (Å²) in [5.74, 6) is 0.145. The Balaban J connectivity index is 2.62. The largest absolute Gasteiger partial charge is 0.396 e. The number of amides is 1. The highest BCUT2D eigenvalue weighted by Gasteiger charge is 2.16. The highest BCUT2D eigenvalue weighted by molar-refractivity contribution is 5.73. The van der Waals surface area contributed by atoms with Crippen molar-refractivity contribution < 1.29 is 9.90 Å². The summed E-state index contributed by atoms with van der Waals surface area (Å²) in [7, 11) is 0. The average Bonchev–Trinajstić information content (AvgIpc) is 2.46. The first-order valence-corrected chi connectivity index (χ1v) is 8.83. The molecule has 24 heavy (non-hydrogen) atoms. The van der Waals surface area contributed by atoms with E-state index >= 15 is 0 Å². The number of piperidine rings is 1. The quantitative estimate of drug-likeness (QED) is 0.732. The van der Waals surface area contributed by atoms with Crippen molar-refractivity contribution in [2.45, 2.75) is 53.4 Å². The lowest BCUT2D eigenvalue weighted by molar-refractivity contribution is -0.128. The fourth-order valence-electron chi connectivity index (χ4n) is 2.89. The van der Waals surface area contributed by atoms with Crippen LogP contribution in [-0.4, -0.2) is 35.6 Å². The second-order valence-corrected chi connectivity index (χ2v) is 7.67. The molecule has 1 heterocycles. The minimum absolute atomic E-state index is 0.103. The van der Waals surface area contributed by atoms with Crippen molar-refractivity contribution in [3.8, 4) is 0 Å². The van der Waals surface area contributed by atoms with E-state index in [-0.39, 0.29) is 17.9 Å². The monoisotopic (exact) mass is 331 g/mol. The third kappa shape index (κ3) is 8.30. The van der Waals surface area contributed by atoms with Crippen molar-refractivity contribution in [2.24, 2.45) is 5.41 Å². The van der Waals surface area contributed by atoms with Gasteiger partial charge in [0, 0.05) is 26.6 Å². The number of hydrogen-bond acceptors (Lipinski definition) is 2. The topological polar surface area (TPSA) is 40.5 Å². The molecule has 0 saturated carbocycles. The molecule has 1 N–H and O–H groups in total. The van der Waals surface area contributed by atoms with Crippen LogP contribution in [0.2, 0.25) is 0 Å². The maximum Gasteiger partial charge on any atom is 0.219 e. The van der Waals surface area contributed by atoms with Crippen LogP contribution in [0.15, 0.2) is 47.6 Å². The van der Waals surface area contributed by atoms with Gasteiger partial charge in [0.25, 0.3) is 0 Å². The summed E-state index contributed by atoms with van der Waals surface area (Å²) >= 11 is 0. The third-order valence-corrected chi connectivity index (χ3v) is 3.90. The number of rotatable bonds is 6. The lowest BCUT2D eigenvalue weighted by Gasteiger charge is -2.27. The number of hydrogen-bond donors (Lipinski definition) is 1. The predicted molar refractivity (Wildman–Crippen MR) is 102 cm³/mol. The minimum Gasteiger partial charge on any atom is -0.396 e. The summed E-state index contributed by atoms with van der Waals surface area (Å²) in [6, 6.07) is 0. The van der Waals surface area contributed by atoms with Crippen LogP contribution in [0.1, 0.15) is 53.4 Å². The van der Waals surface area contributed by atoms with Crippen LogP contribution in [0.25, 0.3) is 0 Å². The highest BCUT2D eigenvalue weighted by atomic mass is 16.3. The highest BCUT2D eigenvalue weighted by Crippen LogP contribution is 2.21. The molecule has 134 valence electrons. The van der Waals surface area contributed by atoms with Crippen LogP contribution in [0.4, 0.5) is 0 Å². The van der Waals surface area contributed by atoms with E-state index in [0.29, 0.717) is 6.42 Å². The Hall–Kier alpha value is -1.61. The Bertz CT molecular complexity index is 533. The number of aliphatic hydroxyl groups excluding tert-OH is 1. The number of nitrogens with zero attached hydrogens (tertiary/aromatic N) is 1. The summed E-state index contributed by atoms with van der Waals surface area (Å²) in [4.78, 5) is 13.4. The molecule has 1 rings (SSSR count). The molecular weight excluding hydrogens is 298 g/mol. The molecule has 0 aromatic heterocycles. The average molecular weight is 332 g/mol. The van der Waals surface area contributed by atoms with Gasteiger partial charge in [-0.1, -0.05) is 62.8 Å². The van der Waals surface area contributed by atoms with Crippen molar-refractivity contribution in [3.63, 3.8) is 0 Å². The SMILES string of the molecule is C=C(C=C1CCCN(C(C)=O)C1)CC=CC(=CC(C)(C)C)CCO. The molecule has 3 nitrogen and oxygen atoms in total. The van der Waals surface area contributed by atoms with E-state index in [9.17, 15) is 9.90 Å². The first-order chi connectivity index (χ1) is 11.2. The molecule has 3 heteroatoms. The van der Waals surface area contributed by atoms with Crippen LogP contribution in [0, 0.1) is 5.41 Å². The van der Waals surface area contributed by atoms with Gasteiger partial charge >= 0.3 is 0 Å². The fraction of sp³-hybridized carbons (Fsp3) is 0.571. The van der Waals surface area contributed by atoms with E-state index in [4.69, 9.17) is 0 Å². The van der Waals surface area contributed by atoms with Gasteiger partial charge in [0.05, 0.1) is 0 Å². The van der Waals surface area contributed by atoms with Crippen molar-refractivity contribution in [2.75, 3.05) is 19.7 Å². The summed E-state index contributed by atoms with van der Waals surface area (Å²) in [6.45, 7) is 14.0. The second kappa shape index (κ2) is 9.63. The zero-order valence-corrected chi connectivity index (χ0v) is 15.8. The molecule has 1 saturated heterocycles. The zero-order chi connectivity index (χ0) is 18.2. The van der Waals surface area contributed by atoms with E-state index < -0.39 is 0 Å². The van der Waals surface area contributed by atoms with Gasteiger partial charge in [-0.3, -0.25) is 4.79 Å².